The zero-order valence-electron chi connectivity index (χ0n) is 11.9. The molecule has 0 aliphatic heterocycles. The van der Waals surface area contributed by atoms with Crippen molar-refractivity contribution in [1.82, 2.24) is 4.90 Å². The minimum Gasteiger partial charge on any atom is -0.309 e. The van der Waals surface area contributed by atoms with Crippen molar-refractivity contribution in [2.24, 2.45) is 0 Å². The van der Waals surface area contributed by atoms with Gasteiger partial charge in [0, 0.05) is 6.54 Å². The second kappa shape index (κ2) is 7.10. The first-order valence-corrected chi connectivity index (χ1v) is 6.99. The van der Waals surface area contributed by atoms with Crippen LogP contribution < -0.4 is 0 Å². The molecule has 0 N–H and O–H groups in total. The van der Waals surface area contributed by atoms with E-state index in [1.54, 1.807) is 0 Å². The van der Waals surface area contributed by atoms with Crippen molar-refractivity contribution in [2.75, 3.05) is 20.6 Å². The molecule has 0 aliphatic rings. The van der Waals surface area contributed by atoms with Gasteiger partial charge in [-0.25, -0.2) is 0 Å². The Balaban J connectivity index is 2.02. The Labute approximate surface area is 116 Å². The molecular formula is C18H23N. The fourth-order valence-corrected chi connectivity index (χ4v) is 2.51. The van der Waals surface area contributed by atoms with Crippen LogP contribution in [-0.2, 0) is 6.42 Å². The molecule has 2 aromatic rings. The monoisotopic (exact) mass is 253 g/mol. The van der Waals surface area contributed by atoms with Gasteiger partial charge in [-0.05, 0) is 44.0 Å². The number of likely N-dealkylation sites (N-methyl/N-ethyl adjacent to an activating group) is 1. The Hall–Kier alpha value is -1.60. The molecule has 100 valence electrons. The van der Waals surface area contributed by atoms with Crippen molar-refractivity contribution < 1.29 is 0 Å². The van der Waals surface area contributed by atoms with Gasteiger partial charge in [-0.2, -0.15) is 0 Å². The molecule has 19 heavy (non-hydrogen) atoms. The van der Waals surface area contributed by atoms with Crippen molar-refractivity contribution in [3.8, 4) is 0 Å². The summed E-state index contributed by atoms with van der Waals surface area (Å²) in [6.45, 7) is 1.11. The summed E-state index contributed by atoms with van der Waals surface area (Å²) in [6, 6.07) is 21.6. The Bertz CT molecular complexity index is 462. The maximum absolute atomic E-state index is 2.28. The van der Waals surface area contributed by atoms with Crippen molar-refractivity contribution in [3.05, 3.63) is 71.8 Å². The molecule has 1 heteroatoms. The molecule has 1 unspecified atom stereocenters. The van der Waals surface area contributed by atoms with Crippen LogP contribution in [0.4, 0.5) is 0 Å². The Morgan fingerprint density at radius 1 is 0.842 bits per heavy atom. The molecule has 0 radical (unpaired) electrons. The van der Waals surface area contributed by atoms with E-state index in [4.69, 9.17) is 0 Å². The highest BCUT2D eigenvalue weighted by atomic mass is 15.1. The van der Waals surface area contributed by atoms with E-state index in [0.717, 1.165) is 13.0 Å². The van der Waals surface area contributed by atoms with Crippen LogP contribution >= 0.6 is 0 Å². The van der Waals surface area contributed by atoms with Gasteiger partial charge in [-0.1, -0.05) is 60.7 Å². The lowest BCUT2D eigenvalue weighted by Crippen LogP contribution is -2.20. The highest BCUT2D eigenvalue weighted by Crippen LogP contribution is 2.22. The van der Waals surface area contributed by atoms with Gasteiger partial charge in [0.1, 0.15) is 0 Å². The molecule has 1 atom stereocenters. The van der Waals surface area contributed by atoms with Crippen LogP contribution in [0.2, 0.25) is 0 Å². The molecule has 0 amide bonds. The van der Waals surface area contributed by atoms with Gasteiger partial charge in [0.25, 0.3) is 0 Å². The van der Waals surface area contributed by atoms with Gasteiger partial charge in [0.15, 0.2) is 0 Å². The van der Waals surface area contributed by atoms with E-state index >= 15 is 0 Å². The fourth-order valence-electron chi connectivity index (χ4n) is 2.51. The average Bonchev–Trinajstić information content (AvgIpc) is 2.45. The maximum Gasteiger partial charge on any atom is 0.00443 e. The molecule has 2 aromatic carbocycles. The van der Waals surface area contributed by atoms with Gasteiger partial charge in [0.05, 0.1) is 0 Å². The summed E-state index contributed by atoms with van der Waals surface area (Å²) >= 11 is 0. The summed E-state index contributed by atoms with van der Waals surface area (Å²) < 4.78 is 0. The minimum absolute atomic E-state index is 0.608. The van der Waals surface area contributed by atoms with E-state index in [2.05, 4.69) is 79.7 Å². The van der Waals surface area contributed by atoms with Crippen LogP contribution in [0.3, 0.4) is 0 Å². The van der Waals surface area contributed by atoms with Gasteiger partial charge < -0.3 is 4.90 Å². The van der Waals surface area contributed by atoms with E-state index in [-0.39, 0.29) is 0 Å². The summed E-state index contributed by atoms with van der Waals surface area (Å²) in [6.07, 6.45) is 2.35. The predicted octanol–water partition coefficient (Wildman–Crippen LogP) is 3.96. The van der Waals surface area contributed by atoms with E-state index in [9.17, 15) is 0 Å². The third-order valence-electron chi connectivity index (χ3n) is 3.48. The largest absolute Gasteiger partial charge is 0.309 e. The number of hydrogen-bond donors (Lipinski definition) is 0. The van der Waals surface area contributed by atoms with E-state index in [0.29, 0.717) is 5.92 Å². The molecule has 0 spiro atoms. The lowest BCUT2D eigenvalue weighted by Gasteiger charge is -2.21. The van der Waals surface area contributed by atoms with Crippen LogP contribution in [-0.4, -0.2) is 25.5 Å². The zero-order chi connectivity index (χ0) is 13.5. The average molecular weight is 253 g/mol. The highest BCUT2D eigenvalue weighted by Gasteiger charge is 2.12. The molecule has 0 bridgehead atoms. The predicted molar refractivity (Wildman–Crippen MR) is 82.5 cm³/mol. The third kappa shape index (κ3) is 4.53. The Morgan fingerprint density at radius 3 is 2.00 bits per heavy atom. The van der Waals surface area contributed by atoms with E-state index in [1.807, 2.05) is 0 Å². The summed E-state index contributed by atoms with van der Waals surface area (Å²) in [5, 5.41) is 0. The van der Waals surface area contributed by atoms with Gasteiger partial charge in [-0.15, -0.1) is 0 Å². The molecule has 0 saturated heterocycles. The quantitative estimate of drug-likeness (QED) is 0.753. The molecular weight excluding hydrogens is 230 g/mol. The summed E-state index contributed by atoms with van der Waals surface area (Å²) in [4.78, 5) is 2.28. The summed E-state index contributed by atoms with van der Waals surface area (Å²) in [5.41, 5.74) is 2.88. The Morgan fingerprint density at radius 2 is 1.42 bits per heavy atom. The lowest BCUT2D eigenvalue weighted by atomic mass is 9.92. The smallest absolute Gasteiger partial charge is 0.00443 e. The first kappa shape index (κ1) is 13.8. The second-order valence-corrected chi connectivity index (χ2v) is 5.39. The van der Waals surface area contributed by atoms with Gasteiger partial charge in [0.2, 0.25) is 0 Å². The highest BCUT2D eigenvalue weighted by molar-refractivity contribution is 5.21. The number of benzene rings is 2. The van der Waals surface area contributed by atoms with Crippen LogP contribution in [0.5, 0.6) is 0 Å². The summed E-state index contributed by atoms with van der Waals surface area (Å²) in [5.74, 6) is 0.608. The SMILES string of the molecule is CN(C)CC(CCc1ccccc1)c1ccccc1. The zero-order valence-corrected chi connectivity index (χ0v) is 11.9. The number of hydrogen-bond acceptors (Lipinski definition) is 1. The van der Waals surface area contributed by atoms with Crippen molar-refractivity contribution in [3.63, 3.8) is 0 Å². The second-order valence-electron chi connectivity index (χ2n) is 5.39. The third-order valence-corrected chi connectivity index (χ3v) is 3.48. The fraction of sp³-hybridized carbons (Fsp3) is 0.333. The topological polar surface area (TPSA) is 3.24 Å². The van der Waals surface area contributed by atoms with Gasteiger partial charge >= 0.3 is 0 Å². The first-order chi connectivity index (χ1) is 9.25. The van der Waals surface area contributed by atoms with Crippen molar-refractivity contribution in [1.29, 1.82) is 0 Å². The number of nitrogens with zero attached hydrogens (tertiary/aromatic N) is 1. The van der Waals surface area contributed by atoms with E-state index in [1.165, 1.54) is 17.5 Å². The maximum atomic E-state index is 2.28. The van der Waals surface area contributed by atoms with Crippen LogP contribution in [0, 0.1) is 0 Å². The van der Waals surface area contributed by atoms with Crippen molar-refractivity contribution >= 4 is 0 Å². The van der Waals surface area contributed by atoms with Crippen LogP contribution in [0.15, 0.2) is 60.7 Å². The lowest BCUT2D eigenvalue weighted by molar-refractivity contribution is 0.363. The minimum atomic E-state index is 0.608. The van der Waals surface area contributed by atoms with Crippen LogP contribution in [0.1, 0.15) is 23.5 Å². The number of aryl methyl sites for hydroxylation is 1. The first-order valence-electron chi connectivity index (χ1n) is 6.99. The molecule has 0 fully saturated rings. The molecule has 0 heterocycles. The summed E-state index contributed by atoms with van der Waals surface area (Å²) in [7, 11) is 4.30. The molecule has 1 nitrogen and oxygen atoms in total. The molecule has 2 rings (SSSR count). The number of rotatable bonds is 6. The van der Waals surface area contributed by atoms with Gasteiger partial charge in [-0.3, -0.25) is 0 Å². The van der Waals surface area contributed by atoms with Crippen LogP contribution in [0.25, 0.3) is 0 Å². The van der Waals surface area contributed by atoms with Crippen molar-refractivity contribution in [2.45, 2.75) is 18.8 Å². The van der Waals surface area contributed by atoms with E-state index < -0.39 is 0 Å². The molecule has 0 aromatic heterocycles. The molecule has 0 saturated carbocycles. The normalized spacial score (nSPS) is 12.6. The Kier molecular flexibility index (Phi) is 5.17. The molecule has 0 aliphatic carbocycles. The standard InChI is InChI=1S/C18H23N/c1-19(2)15-18(17-11-7-4-8-12-17)14-13-16-9-5-3-6-10-16/h3-12,18H,13-15H2,1-2H3.